The summed E-state index contributed by atoms with van der Waals surface area (Å²) in [6.45, 7) is -1.32. The van der Waals surface area contributed by atoms with Crippen molar-refractivity contribution in [2.75, 3.05) is 27.4 Å². The lowest BCUT2D eigenvalue weighted by Crippen LogP contribution is -2.25. The van der Waals surface area contributed by atoms with Crippen LogP contribution in [0.4, 0.5) is 13.2 Å². The number of hydrogen-bond acceptors (Lipinski definition) is 3. The second-order valence-corrected chi connectivity index (χ2v) is 4.71. The van der Waals surface area contributed by atoms with Crippen molar-refractivity contribution in [3.63, 3.8) is 0 Å². The third-order valence-electron chi connectivity index (χ3n) is 2.48. The van der Waals surface area contributed by atoms with Gasteiger partial charge in [-0.05, 0) is 24.7 Å². The van der Waals surface area contributed by atoms with E-state index in [1.807, 2.05) is 0 Å². The number of hydrogen-bond donors (Lipinski definition) is 1. The van der Waals surface area contributed by atoms with Gasteiger partial charge in [0.1, 0.15) is 12.4 Å². The summed E-state index contributed by atoms with van der Waals surface area (Å²) in [5.41, 5.74) is 0.811. The molecule has 0 aliphatic heterocycles. The molecule has 1 aromatic rings. The smallest absolute Gasteiger partial charge is 0.411 e. The van der Waals surface area contributed by atoms with Gasteiger partial charge >= 0.3 is 6.18 Å². The molecule has 0 bridgehead atoms. The Hall–Kier alpha value is -0.790. The summed E-state index contributed by atoms with van der Waals surface area (Å²) >= 11 is 3.36. The molecule has 1 unspecified atom stereocenters. The number of likely N-dealkylation sites (N-methyl/N-ethyl adjacent to an activating group) is 1. The van der Waals surface area contributed by atoms with Crippen molar-refractivity contribution < 1.29 is 22.6 Å². The van der Waals surface area contributed by atoms with Crippen molar-refractivity contribution in [2.45, 2.75) is 12.2 Å². The first-order valence-corrected chi connectivity index (χ1v) is 6.32. The molecule has 0 radical (unpaired) electrons. The van der Waals surface area contributed by atoms with Crippen molar-refractivity contribution >= 4 is 15.9 Å². The van der Waals surface area contributed by atoms with Gasteiger partial charge in [-0.2, -0.15) is 13.2 Å². The number of rotatable bonds is 6. The number of methoxy groups -OCH3 is 1. The quantitative estimate of drug-likeness (QED) is 0.861. The summed E-state index contributed by atoms with van der Waals surface area (Å²) in [5.74, 6) is 0.668. The number of alkyl halides is 3. The molecule has 7 heteroatoms. The first-order chi connectivity index (χ1) is 8.87. The van der Waals surface area contributed by atoms with Crippen molar-refractivity contribution in [3.05, 3.63) is 28.2 Å². The van der Waals surface area contributed by atoms with Crippen LogP contribution in [0.15, 0.2) is 22.7 Å². The number of nitrogens with one attached hydrogen (secondary N) is 1. The summed E-state index contributed by atoms with van der Waals surface area (Å²) < 4.78 is 46.5. The first kappa shape index (κ1) is 16.3. The zero-order chi connectivity index (χ0) is 14.5. The van der Waals surface area contributed by atoms with E-state index in [0.29, 0.717) is 5.75 Å². The normalized spacial score (nSPS) is 13.4. The Kier molecular flexibility index (Phi) is 6.09. The van der Waals surface area contributed by atoms with Crippen LogP contribution in [0.2, 0.25) is 0 Å². The van der Waals surface area contributed by atoms with Gasteiger partial charge in [-0.15, -0.1) is 0 Å². The van der Waals surface area contributed by atoms with Crippen molar-refractivity contribution in [1.82, 2.24) is 5.32 Å². The predicted molar refractivity (Wildman–Crippen MR) is 69.4 cm³/mol. The van der Waals surface area contributed by atoms with E-state index in [-0.39, 0.29) is 12.6 Å². The number of benzene rings is 1. The van der Waals surface area contributed by atoms with Gasteiger partial charge in [0.25, 0.3) is 0 Å². The van der Waals surface area contributed by atoms with Crippen LogP contribution in [-0.2, 0) is 4.74 Å². The Labute approximate surface area is 118 Å². The molecule has 108 valence electrons. The molecular weight excluding hydrogens is 327 g/mol. The molecular formula is C12H15BrF3NO2. The highest BCUT2D eigenvalue weighted by Gasteiger charge is 2.28. The summed E-state index contributed by atoms with van der Waals surface area (Å²) in [4.78, 5) is 0. The van der Waals surface area contributed by atoms with E-state index < -0.39 is 12.8 Å². The van der Waals surface area contributed by atoms with Gasteiger partial charge in [-0.25, -0.2) is 0 Å². The number of ether oxygens (including phenoxy) is 2. The minimum absolute atomic E-state index is 0.0685. The predicted octanol–water partition coefficient (Wildman–Crippen LogP) is 3.30. The highest BCUT2D eigenvalue weighted by molar-refractivity contribution is 9.10. The third-order valence-corrected chi connectivity index (χ3v) is 3.17. The van der Waals surface area contributed by atoms with Crippen LogP contribution in [0.5, 0.6) is 5.75 Å². The molecule has 1 aromatic carbocycles. The summed E-state index contributed by atoms with van der Waals surface area (Å²) in [6, 6.07) is 4.95. The van der Waals surface area contributed by atoms with Gasteiger partial charge in [0.2, 0.25) is 0 Å². The number of halogens is 4. The largest absolute Gasteiger partial charge is 0.497 e. The average Bonchev–Trinajstić information content (AvgIpc) is 2.34. The monoisotopic (exact) mass is 341 g/mol. The molecule has 0 spiro atoms. The van der Waals surface area contributed by atoms with Crippen LogP contribution in [0.1, 0.15) is 11.6 Å². The lowest BCUT2D eigenvalue weighted by Gasteiger charge is -2.19. The fraction of sp³-hybridized carbons (Fsp3) is 0.500. The first-order valence-electron chi connectivity index (χ1n) is 5.52. The van der Waals surface area contributed by atoms with Crippen molar-refractivity contribution in [3.8, 4) is 5.75 Å². The van der Waals surface area contributed by atoms with Gasteiger partial charge in [0, 0.05) is 4.47 Å². The standard InChI is InChI=1S/C12H15BrF3NO2/c1-17-11(6-19-7-12(14,15)16)9-4-3-8(18-2)5-10(9)13/h3-5,11,17H,6-7H2,1-2H3. The lowest BCUT2D eigenvalue weighted by atomic mass is 10.1. The van der Waals surface area contributed by atoms with E-state index in [4.69, 9.17) is 4.74 Å². The molecule has 1 N–H and O–H groups in total. The maximum Gasteiger partial charge on any atom is 0.411 e. The second kappa shape index (κ2) is 7.12. The Morgan fingerprint density at radius 2 is 2.05 bits per heavy atom. The van der Waals surface area contributed by atoms with Gasteiger partial charge in [0.05, 0.1) is 19.8 Å². The molecule has 0 saturated heterocycles. The van der Waals surface area contributed by atoms with Crippen LogP contribution in [0.25, 0.3) is 0 Å². The van der Waals surface area contributed by atoms with E-state index in [1.54, 1.807) is 32.4 Å². The SMILES string of the molecule is CNC(COCC(F)(F)F)c1ccc(OC)cc1Br. The maximum absolute atomic E-state index is 12.0. The highest BCUT2D eigenvalue weighted by atomic mass is 79.9. The molecule has 0 aliphatic rings. The molecule has 1 rings (SSSR count). The zero-order valence-electron chi connectivity index (χ0n) is 10.6. The lowest BCUT2D eigenvalue weighted by molar-refractivity contribution is -0.175. The molecule has 0 saturated carbocycles. The Morgan fingerprint density at radius 1 is 1.37 bits per heavy atom. The van der Waals surface area contributed by atoms with E-state index in [1.165, 1.54) is 0 Å². The molecule has 1 atom stereocenters. The Morgan fingerprint density at radius 3 is 2.53 bits per heavy atom. The van der Waals surface area contributed by atoms with Crippen LogP contribution < -0.4 is 10.1 Å². The van der Waals surface area contributed by atoms with Gasteiger partial charge < -0.3 is 14.8 Å². The molecule has 19 heavy (non-hydrogen) atoms. The maximum atomic E-state index is 12.0. The fourth-order valence-electron chi connectivity index (χ4n) is 1.54. The molecule has 3 nitrogen and oxygen atoms in total. The van der Waals surface area contributed by atoms with Crippen LogP contribution in [0, 0.1) is 0 Å². The molecule has 0 fully saturated rings. The van der Waals surface area contributed by atoms with Gasteiger partial charge in [-0.1, -0.05) is 22.0 Å². The summed E-state index contributed by atoms with van der Waals surface area (Å²) in [5, 5.41) is 2.92. The van der Waals surface area contributed by atoms with Crippen molar-refractivity contribution in [2.24, 2.45) is 0 Å². The van der Waals surface area contributed by atoms with Gasteiger partial charge in [-0.3, -0.25) is 0 Å². The topological polar surface area (TPSA) is 30.5 Å². The van der Waals surface area contributed by atoms with Crippen LogP contribution in [-0.4, -0.2) is 33.5 Å². The van der Waals surface area contributed by atoms with E-state index >= 15 is 0 Å². The summed E-state index contributed by atoms with van der Waals surface area (Å²) in [6.07, 6.45) is -4.31. The van der Waals surface area contributed by atoms with Crippen LogP contribution >= 0.6 is 15.9 Å². The van der Waals surface area contributed by atoms with E-state index in [0.717, 1.165) is 10.0 Å². The second-order valence-electron chi connectivity index (χ2n) is 3.86. The highest BCUT2D eigenvalue weighted by Crippen LogP contribution is 2.28. The molecule has 0 aromatic heterocycles. The van der Waals surface area contributed by atoms with E-state index in [9.17, 15) is 13.2 Å². The minimum atomic E-state index is -4.31. The molecule has 0 aliphatic carbocycles. The third kappa shape index (κ3) is 5.38. The minimum Gasteiger partial charge on any atom is -0.497 e. The average molecular weight is 342 g/mol. The van der Waals surface area contributed by atoms with Gasteiger partial charge in [0.15, 0.2) is 0 Å². The zero-order valence-corrected chi connectivity index (χ0v) is 12.1. The molecule has 0 amide bonds. The van der Waals surface area contributed by atoms with E-state index in [2.05, 4.69) is 26.0 Å². The fourth-order valence-corrected chi connectivity index (χ4v) is 2.17. The summed E-state index contributed by atoms with van der Waals surface area (Å²) in [7, 11) is 3.21. The molecule has 0 heterocycles. The van der Waals surface area contributed by atoms with Crippen LogP contribution in [0.3, 0.4) is 0 Å². The Bertz CT molecular complexity index is 412. The van der Waals surface area contributed by atoms with Crippen molar-refractivity contribution in [1.29, 1.82) is 0 Å². The Balaban J connectivity index is 2.69.